The Hall–Kier alpha value is -6.14. The topological polar surface area (TPSA) is 30.7 Å². The Labute approximate surface area is 299 Å². The predicted octanol–water partition coefficient (Wildman–Crippen LogP) is 13.4. The maximum Gasteiger partial charge on any atom is 0.165 e. The zero-order valence-electron chi connectivity index (χ0n) is 27.1. The lowest BCUT2D eigenvalue weighted by Crippen LogP contribution is -2.04. The molecule has 0 saturated carbocycles. The van der Waals surface area contributed by atoms with Crippen molar-refractivity contribution in [1.82, 2.24) is 14.5 Å². The first-order valence-corrected chi connectivity index (χ1v) is 18.8. The summed E-state index contributed by atoms with van der Waals surface area (Å²) in [4.78, 5) is 11.0. The van der Waals surface area contributed by atoms with E-state index >= 15 is 0 Å². The molecule has 0 aliphatic rings. The molecule has 0 bridgehead atoms. The number of thiophene rings is 2. The molecule has 4 aromatic heterocycles. The number of benzene rings is 8. The van der Waals surface area contributed by atoms with Crippen molar-refractivity contribution in [2.24, 2.45) is 0 Å². The van der Waals surface area contributed by atoms with Gasteiger partial charge in [-0.1, -0.05) is 121 Å². The van der Waals surface area contributed by atoms with Crippen LogP contribution in [0.1, 0.15) is 0 Å². The van der Waals surface area contributed by atoms with Gasteiger partial charge in [-0.05, 0) is 51.9 Å². The van der Waals surface area contributed by atoms with Crippen molar-refractivity contribution in [1.29, 1.82) is 0 Å². The summed E-state index contributed by atoms with van der Waals surface area (Å²) in [5, 5.41) is 12.7. The van der Waals surface area contributed by atoms with Crippen molar-refractivity contribution in [2.75, 3.05) is 0 Å². The molecular weight excluding hydrogens is 659 g/mol. The summed E-state index contributed by atoms with van der Waals surface area (Å²) in [5.41, 5.74) is 6.07. The molecule has 0 N–H and O–H groups in total. The van der Waals surface area contributed by atoms with E-state index in [1.807, 2.05) is 22.7 Å². The van der Waals surface area contributed by atoms with Crippen molar-refractivity contribution in [3.05, 3.63) is 152 Å². The Kier molecular flexibility index (Phi) is 5.53. The maximum absolute atomic E-state index is 5.56. The predicted molar refractivity (Wildman–Crippen MR) is 220 cm³/mol. The molecule has 0 saturated heterocycles. The molecule has 5 heteroatoms. The van der Waals surface area contributed by atoms with Crippen LogP contribution in [0.3, 0.4) is 0 Å². The highest BCUT2D eigenvalue weighted by Crippen LogP contribution is 2.50. The number of nitrogens with zero attached hydrogens (tertiary/aromatic N) is 3. The van der Waals surface area contributed by atoms with E-state index < -0.39 is 0 Å². The van der Waals surface area contributed by atoms with Gasteiger partial charge in [-0.2, -0.15) is 0 Å². The standard InChI is InChI=1S/C46H25N3S2/c1-2-13-27-26(12-1)24-25-38-40(27)41-30-16-4-3-15-29(30)39-32-17-5-9-22-36(32)49(43(39)45(41)51-38)46-42(47-34-20-7-8-21-35(34)48-46)33-19-11-18-31-28-14-6-10-23-37(28)50-44(31)33/h1-25H. The van der Waals surface area contributed by atoms with Crippen LogP contribution in [0.5, 0.6) is 0 Å². The molecule has 4 heterocycles. The fraction of sp³-hybridized carbons (Fsp3) is 0. The van der Waals surface area contributed by atoms with Crippen LogP contribution >= 0.6 is 22.7 Å². The second-order valence-corrected chi connectivity index (χ2v) is 15.4. The average Bonchev–Trinajstić information content (AvgIpc) is 3.88. The summed E-state index contributed by atoms with van der Waals surface area (Å²) in [5.74, 6) is 0.851. The Balaban J connectivity index is 1.33. The summed E-state index contributed by atoms with van der Waals surface area (Å²) in [6.45, 7) is 0. The van der Waals surface area contributed by atoms with E-state index in [-0.39, 0.29) is 0 Å². The number of hydrogen-bond donors (Lipinski definition) is 0. The monoisotopic (exact) mass is 683 g/mol. The van der Waals surface area contributed by atoms with Gasteiger partial charge in [0.25, 0.3) is 0 Å². The Bertz CT molecular complexity index is 3440. The molecule has 12 rings (SSSR count). The van der Waals surface area contributed by atoms with Crippen molar-refractivity contribution < 1.29 is 0 Å². The summed E-state index contributed by atoms with van der Waals surface area (Å²) in [6, 6.07) is 54.8. The van der Waals surface area contributed by atoms with Crippen LogP contribution in [-0.2, 0) is 0 Å². The first kappa shape index (κ1) is 27.7. The fourth-order valence-electron chi connectivity index (χ4n) is 8.42. The van der Waals surface area contributed by atoms with E-state index in [9.17, 15) is 0 Å². The highest BCUT2D eigenvalue weighted by atomic mass is 32.1. The van der Waals surface area contributed by atoms with Gasteiger partial charge < -0.3 is 0 Å². The molecule has 51 heavy (non-hydrogen) atoms. The number of para-hydroxylation sites is 3. The smallest absolute Gasteiger partial charge is 0.165 e. The molecule has 0 fully saturated rings. The third-order valence-electron chi connectivity index (χ3n) is 10.6. The van der Waals surface area contributed by atoms with Gasteiger partial charge in [-0.3, -0.25) is 4.57 Å². The molecule has 0 radical (unpaired) electrons. The summed E-state index contributed by atoms with van der Waals surface area (Å²) >= 11 is 3.72. The minimum atomic E-state index is 0.851. The molecule has 0 spiro atoms. The van der Waals surface area contributed by atoms with Gasteiger partial charge in [0.05, 0.1) is 26.8 Å². The van der Waals surface area contributed by atoms with Crippen LogP contribution in [-0.4, -0.2) is 14.5 Å². The third kappa shape index (κ3) is 3.71. The van der Waals surface area contributed by atoms with Crippen molar-refractivity contribution in [2.45, 2.75) is 0 Å². The molecule has 0 amide bonds. The zero-order valence-corrected chi connectivity index (χ0v) is 28.7. The molecule has 3 nitrogen and oxygen atoms in total. The lowest BCUT2D eigenvalue weighted by atomic mass is 9.96. The lowest BCUT2D eigenvalue weighted by Gasteiger charge is -2.15. The van der Waals surface area contributed by atoms with Crippen LogP contribution in [0.25, 0.3) is 112 Å². The molecule has 0 atom stereocenters. The second-order valence-electron chi connectivity index (χ2n) is 13.3. The van der Waals surface area contributed by atoms with Crippen LogP contribution in [0.2, 0.25) is 0 Å². The number of aromatic nitrogens is 3. The van der Waals surface area contributed by atoms with Crippen molar-refractivity contribution in [3.8, 4) is 17.1 Å². The van der Waals surface area contributed by atoms with Gasteiger partial charge in [-0.25, -0.2) is 9.97 Å². The molecule has 0 aliphatic carbocycles. The normalized spacial score (nSPS) is 12.3. The van der Waals surface area contributed by atoms with Gasteiger partial charge >= 0.3 is 0 Å². The van der Waals surface area contributed by atoms with Crippen molar-refractivity contribution >= 4 is 117 Å². The number of fused-ring (bicyclic) bond motifs is 16. The Morgan fingerprint density at radius 2 is 1.06 bits per heavy atom. The maximum atomic E-state index is 5.56. The molecule has 12 aromatic rings. The molecule has 0 aliphatic heterocycles. The summed E-state index contributed by atoms with van der Waals surface area (Å²) in [7, 11) is 0. The molecule has 8 aromatic carbocycles. The van der Waals surface area contributed by atoms with Crippen LogP contribution in [0.15, 0.2) is 152 Å². The molecular formula is C46H25N3S2. The highest BCUT2D eigenvalue weighted by molar-refractivity contribution is 7.27. The van der Waals surface area contributed by atoms with Crippen molar-refractivity contribution in [3.63, 3.8) is 0 Å². The number of rotatable bonds is 2. The number of hydrogen-bond acceptors (Lipinski definition) is 4. The van der Waals surface area contributed by atoms with Gasteiger partial charge in [0.2, 0.25) is 0 Å². The Morgan fingerprint density at radius 3 is 1.92 bits per heavy atom. The molecule has 0 unspecified atom stereocenters. The van der Waals surface area contributed by atoms with E-state index in [1.165, 1.54) is 78.2 Å². The van der Waals surface area contributed by atoms with Gasteiger partial charge in [-0.15, -0.1) is 22.7 Å². The fourth-order valence-corrected chi connectivity index (χ4v) is 10.9. The first-order chi connectivity index (χ1) is 25.3. The average molecular weight is 684 g/mol. The highest BCUT2D eigenvalue weighted by Gasteiger charge is 2.26. The summed E-state index contributed by atoms with van der Waals surface area (Å²) in [6.07, 6.45) is 0. The summed E-state index contributed by atoms with van der Waals surface area (Å²) < 4.78 is 7.50. The SMILES string of the molecule is c1ccc2c(c1)ccc1sc3c(c4ccccc4c4c5ccccc5n(-c5nc6ccccc6nc5-c5cccc6c5sc5ccccc56)c34)c12. The van der Waals surface area contributed by atoms with Crippen LogP contribution < -0.4 is 0 Å². The first-order valence-electron chi connectivity index (χ1n) is 17.2. The minimum Gasteiger partial charge on any atom is -0.290 e. The van der Waals surface area contributed by atoms with E-state index in [1.54, 1.807) is 0 Å². The van der Waals surface area contributed by atoms with Gasteiger partial charge in [0.1, 0.15) is 5.69 Å². The van der Waals surface area contributed by atoms with Crippen LogP contribution in [0, 0.1) is 0 Å². The lowest BCUT2D eigenvalue weighted by molar-refractivity contribution is 1.09. The van der Waals surface area contributed by atoms with Gasteiger partial charge in [0, 0.05) is 52.0 Å². The minimum absolute atomic E-state index is 0.851. The van der Waals surface area contributed by atoms with Crippen LogP contribution in [0.4, 0.5) is 0 Å². The second kappa shape index (κ2) is 10.2. The molecule has 236 valence electrons. The third-order valence-corrected chi connectivity index (χ3v) is 12.9. The van der Waals surface area contributed by atoms with E-state index in [0.717, 1.165) is 33.6 Å². The van der Waals surface area contributed by atoms with E-state index in [4.69, 9.17) is 9.97 Å². The van der Waals surface area contributed by atoms with Gasteiger partial charge in [0.15, 0.2) is 5.82 Å². The quantitative estimate of drug-likeness (QED) is 0.182. The van der Waals surface area contributed by atoms with E-state index in [2.05, 4.69) is 156 Å². The zero-order chi connectivity index (χ0) is 33.2. The Morgan fingerprint density at radius 1 is 0.412 bits per heavy atom. The van der Waals surface area contributed by atoms with E-state index in [0.29, 0.717) is 0 Å². The largest absolute Gasteiger partial charge is 0.290 e.